The first kappa shape index (κ1) is 27.9. The molecule has 2 aromatic heterocycles. The second-order valence-electron chi connectivity index (χ2n) is 10.9. The summed E-state index contributed by atoms with van der Waals surface area (Å²) >= 11 is 0. The molecule has 9 nitrogen and oxygen atoms in total. The van der Waals surface area contributed by atoms with Crippen molar-refractivity contribution in [2.24, 2.45) is 0 Å². The highest BCUT2D eigenvalue weighted by Gasteiger charge is 2.26. The number of carboxylic acid groups (broad SMARTS) is 1. The van der Waals surface area contributed by atoms with Gasteiger partial charge in [0, 0.05) is 31.3 Å². The third kappa shape index (κ3) is 5.37. The number of fused-ring (bicyclic) bond motifs is 1. The summed E-state index contributed by atoms with van der Waals surface area (Å²) in [4.78, 5) is 19.0. The Kier molecular flexibility index (Phi) is 7.95. The molecule has 9 heteroatoms. The van der Waals surface area contributed by atoms with E-state index >= 15 is 0 Å². The van der Waals surface area contributed by atoms with Gasteiger partial charge in [-0.15, -0.1) is 0 Å². The predicted molar refractivity (Wildman–Crippen MR) is 159 cm³/mol. The first-order chi connectivity index (χ1) is 20.4. The van der Waals surface area contributed by atoms with E-state index in [1.54, 1.807) is 6.07 Å². The van der Waals surface area contributed by atoms with Crippen LogP contribution in [-0.4, -0.2) is 70.2 Å². The molecule has 1 atom stereocenters. The van der Waals surface area contributed by atoms with Gasteiger partial charge in [0.1, 0.15) is 17.9 Å². The number of para-hydroxylation sites is 1. The summed E-state index contributed by atoms with van der Waals surface area (Å²) in [6.45, 7) is 8.57. The molecule has 6 rings (SSSR count). The van der Waals surface area contributed by atoms with Crippen LogP contribution >= 0.6 is 0 Å². The third-order valence-corrected chi connectivity index (χ3v) is 8.51. The Labute approximate surface area is 245 Å². The number of aromatic nitrogens is 3. The van der Waals surface area contributed by atoms with Crippen LogP contribution < -0.4 is 9.47 Å². The van der Waals surface area contributed by atoms with Crippen LogP contribution in [0.15, 0.2) is 54.7 Å². The van der Waals surface area contributed by atoms with Gasteiger partial charge < -0.3 is 19.3 Å². The average molecular weight is 569 g/mol. The number of rotatable bonds is 8. The van der Waals surface area contributed by atoms with E-state index in [-0.39, 0.29) is 11.4 Å². The molecular formula is C33H36N4O5. The molecule has 42 heavy (non-hydrogen) atoms. The Balaban J connectivity index is 1.25. The molecule has 0 radical (unpaired) electrons. The van der Waals surface area contributed by atoms with Crippen LogP contribution in [0.5, 0.6) is 11.6 Å². The zero-order chi connectivity index (χ0) is 29.2. The minimum atomic E-state index is -1.11. The average Bonchev–Trinajstić information content (AvgIpc) is 3.64. The maximum absolute atomic E-state index is 11.6. The van der Waals surface area contributed by atoms with Gasteiger partial charge in [0.2, 0.25) is 5.88 Å². The fourth-order valence-electron chi connectivity index (χ4n) is 6.14. The highest BCUT2D eigenvalue weighted by atomic mass is 16.5. The minimum Gasteiger partial charge on any atom is -0.488 e. The summed E-state index contributed by atoms with van der Waals surface area (Å²) in [5.74, 6) is 0.218. The van der Waals surface area contributed by atoms with E-state index in [1.165, 1.54) is 40.2 Å². The summed E-state index contributed by atoms with van der Waals surface area (Å²) in [5, 5.41) is 13.7. The zero-order valence-electron chi connectivity index (χ0n) is 24.3. The fourth-order valence-corrected chi connectivity index (χ4v) is 6.14. The first-order valence-corrected chi connectivity index (χ1v) is 14.4. The fraction of sp³-hybridized carbons (Fsp3) is 0.364. The SMILES string of the molecule is COc1c(C(=O)O)cnn1-c1cccc(-c2cccc(C)c2OCc2ccc3c(c2C)CCN([C@@H]2CCOC2)CC3)n1. The van der Waals surface area contributed by atoms with Crippen LogP contribution in [0.2, 0.25) is 0 Å². The van der Waals surface area contributed by atoms with Gasteiger partial charge in [0.25, 0.3) is 0 Å². The van der Waals surface area contributed by atoms with Crippen molar-refractivity contribution in [3.8, 4) is 28.7 Å². The Bertz CT molecular complexity index is 1610. The van der Waals surface area contributed by atoms with Crippen molar-refractivity contribution in [2.75, 3.05) is 33.4 Å². The Morgan fingerprint density at radius 2 is 1.93 bits per heavy atom. The molecule has 0 aliphatic carbocycles. The van der Waals surface area contributed by atoms with Gasteiger partial charge in [-0.3, -0.25) is 4.90 Å². The molecule has 1 saturated heterocycles. The standard InChI is InChI=1S/C33H36N4O5/c1-21-6-4-7-27(29-8-5-9-30(35-29)37-32(40-3)28(18-34-37)33(38)39)31(21)42-19-24-11-10-23-12-15-36(25-14-17-41-20-25)16-13-26(23)22(24)2/h4-11,18,25H,12-17,19-20H2,1-3H3,(H,38,39)/t25-/m1/s1. The molecule has 4 aromatic rings. The lowest BCUT2D eigenvalue weighted by molar-refractivity contribution is 0.0693. The summed E-state index contributed by atoms with van der Waals surface area (Å²) in [7, 11) is 1.42. The molecule has 0 unspecified atom stereocenters. The van der Waals surface area contributed by atoms with E-state index in [2.05, 4.69) is 29.1 Å². The number of methoxy groups -OCH3 is 1. The Morgan fingerprint density at radius 3 is 2.71 bits per heavy atom. The van der Waals surface area contributed by atoms with Crippen LogP contribution in [0.25, 0.3) is 17.1 Å². The normalized spacial score (nSPS) is 17.1. The number of pyridine rings is 1. The lowest BCUT2D eigenvalue weighted by Crippen LogP contribution is -2.37. The van der Waals surface area contributed by atoms with Gasteiger partial charge in [-0.1, -0.05) is 30.3 Å². The molecule has 1 N–H and O–H groups in total. The van der Waals surface area contributed by atoms with Crippen molar-refractivity contribution in [1.29, 1.82) is 0 Å². The topological polar surface area (TPSA) is 98.9 Å². The van der Waals surface area contributed by atoms with Crippen LogP contribution in [0.1, 0.15) is 44.6 Å². The lowest BCUT2D eigenvalue weighted by Gasteiger charge is -2.25. The van der Waals surface area contributed by atoms with Gasteiger partial charge in [-0.25, -0.2) is 9.78 Å². The maximum atomic E-state index is 11.6. The highest BCUT2D eigenvalue weighted by Crippen LogP contribution is 2.34. The second-order valence-corrected chi connectivity index (χ2v) is 10.9. The van der Waals surface area contributed by atoms with Crippen molar-refractivity contribution in [1.82, 2.24) is 19.7 Å². The molecule has 1 fully saturated rings. The molecule has 218 valence electrons. The number of nitrogens with zero attached hydrogens (tertiary/aromatic N) is 4. The van der Waals surface area contributed by atoms with E-state index in [0.29, 0.717) is 24.2 Å². The smallest absolute Gasteiger partial charge is 0.342 e. The summed E-state index contributed by atoms with van der Waals surface area (Å²) in [6.07, 6.45) is 4.50. The van der Waals surface area contributed by atoms with Crippen molar-refractivity contribution >= 4 is 5.97 Å². The number of benzene rings is 2. The van der Waals surface area contributed by atoms with Gasteiger partial charge in [-0.05, 0) is 79.1 Å². The van der Waals surface area contributed by atoms with E-state index in [4.69, 9.17) is 19.2 Å². The van der Waals surface area contributed by atoms with Crippen molar-refractivity contribution < 1.29 is 24.1 Å². The van der Waals surface area contributed by atoms with E-state index in [9.17, 15) is 9.90 Å². The maximum Gasteiger partial charge on any atom is 0.342 e. The van der Waals surface area contributed by atoms with Gasteiger partial charge in [0.15, 0.2) is 5.82 Å². The molecule has 0 spiro atoms. The lowest BCUT2D eigenvalue weighted by atomic mass is 9.94. The summed E-state index contributed by atoms with van der Waals surface area (Å²) in [6, 6.07) is 16.6. The number of ether oxygens (including phenoxy) is 3. The van der Waals surface area contributed by atoms with Gasteiger partial charge in [0.05, 0.1) is 25.6 Å². The molecule has 4 heterocycles. The Morgan fingerprint density at radius 1 is 1.10 bits per heavy atom. The molecule has 0 bridgehead atoms. The van der Waals surface area contributed by atoms with Crippen molar-refractivity contribution in [3.63, 3.8) is 0 Å². The van der Waals surface area contributed by atoms with Crippen molar-refractivity contribution in [3.05, 3.63) is 88.1 Å². The first-order valence-electron chi connectivity index (χ1n) is 14.4. The Hall–Kier alpha value is -4.21. The quantitative estimate of drug-likeness (QED) is 0.316. The summed E-state index contributed by atoms with van der Waals surface area (Å²) in [5.41, 5.74) is 7.91. The van der Waals surface area contributed by atoms with E-state index < -0.39 is 5.97 Å². The number of hydrogen-bond acceptors (Lipinski definition) is 7. The van der Waals surface area contributed by atoms with E-state index in [0.717, 1.165) is 62.4 Å². The number of aromatic carboxylic acids is 1. The number of carboxylic acids is 1. The molecule has 0 amide bonds. The van der Waals surface area contributed by atoms with Crippen LogP contribution in [-0.2, 0) is 24.2 Å². The third-order valence-electron chi connectivity index (χ3n) is 8.51. The molecule has 0 saturated carbocycles. The number of aryl methyl sites for hydroxylation is 1. The molecular weight excluding hydrogens is 532 g/mol. The van der Waals surface area contributed by atoms with Crippen LogP contribution in [0.3, 0.4) is 0 Å². The predicted octanol–water partition coefficient (Wildman–Crippen LogP) is 5.03. The largest absolute Gasteiger partial charge is 0.488 e. The van der Waals surface area contributed by atoms with Gasteiger partial charge in [-0.2, -0.15) is 9.78 Å². The molecule has 2 aliphatic rings. The zero-order valence-corrected chi connectivity index (χ0v) is 24.3. The number of hydrogen-bond donors (Lipinski definition) is 1. The van der Waals surface area contributed by atoms with Crippen LogP contribution in [0.4, 0.5) is 0 Å². The van der Waals surface area contributed by atoms with Crippen molar-refractivity contribution in [2.45, 2.75) is 45.8 Å². The molecule has 2 aromatic carbocycles. The second kappa shape index (κ2) is 12.0. The molecule has 2 aliphatic heterocycles. The highest BCUT2D eigenvalue weighted by molar-refractivity contribution is 5.90. The number of carbonyl (C=O) groups is 1. The van der Waals surface area contributed by atoms with E-state index in [1.807, 2.05) is 37.3 Å². The van der Waals surface area contributed by atoms with Crippen LogP contribution in [0, 0.1) is 13.8 Å². The monoisotopic (exact) mass is 568 g/mol. The van der Waals surface area contributed by atoms with Gasteiger partial charge >= 0.3 is 5.97 Å². The summed E-state index contributed by atoms with van der Waals surface area (Å²) < 4.78 is 18.9. The minimum absolute atomic E-state index is 0.0272.